The van der Waals surface area contributed by atoms with Crippen molar-refractivity contribution in [3.8, 4) is 5.75 Å². The Bertz CT molecular complexity index is 289. The third-order valence-electron chi connectivity index (χ3n) is 1.71. The lowest BCUT2D eigenvalue weighted by atomic mass is 10.1. The van der Waals surface area contributed by atoms with Crippen molar-refractivity contribution in [1.29, 1.82) is 0 Å². The molecule has 1 atom stereocenters. The first kappa shape index (κ1) is 10.6. The Balaban J connectivity index is 2.98. The molecule has 0 bridgehead atoms. The Morgan fingerprint density at radius 3 is 2.69 bits per heavy atom. The van der Waals surface area contributed by atoms with Crippen LogP contribution in [0.1, 0.15) is 11.7 Å². The van der Waals surface area contributed by atoms with E-state index in [0.29, 0.717) is 16.3 Å². The number of ether oxygens (including phenoxy) is 1. The Kier molecular flexibility index (Phi) is 3.85. The molecule has 0 fully saturated rings. The maximum Gasteiger partial charge on any atom is 0.120 e. The normalized spacial score (nSPS) is 12.6. The molecule has 0 heterocycles. The van der Waals surface area contributed by atoms with Crippen molar-refractivity contribution in [2.24, 2.45) is 0 Å². The van der Waals surface area contributed by atoms with E-state index in [4.69, 9.17) is 27.9 Å². The molecule has 0 aliphatic rings. The van der Waals surface area contributed by atoms with Gasteiger partial charge in [0.05, 0.1) is 24.1 Å². The fourth-order valence-electron chi connectivity index (χ4n) is 0.988. The minimum Gasteiger partial charge on any atom is -0.497 e. The molecule has 0 saturated carbocycles. The lowest BCUT2D eigenvalue weighted by molar-refractivity contribution is 0.202. The molecule has 0 radical (unpaired) electrons. The molecule has 1 aromatic rings. The molecule has 4 heteroatoms. The highest BCUT2D eigenvalue weighted by Crippen LogP contribution is 2.27. The predicted molar refractivity (Wildman–Crippen MR) is 53.7 cm³/mol. The molecule has 0 aliphatic heterocycles. The van der Waals surface area contributed by atoms with E-state index < -0.39 is 6.10 Å². The van der Waals surface area contributed by atoms with Gasteiger partial charge in [-0.1, -0.05) is 17.7 Å². The average molecular weight is 221 g/mol. The van der Waals surface area contributed by atoms with Crippen LogP contribution in [0.5, 0.6) is 5.75 Å². The number of aliphatic hydroxyl groups excluding tert-OH is 1. The van der Waals surface area contributed by atoms with Crippen molar-refractivity contribution >= 4 is 23.2 Å². The molecule has 0 aliphatic carbocycles. The van der Waals surface area contributed by atoms with Crippen LogP contribution in [-0.2, 0) is 0 Å². The first-order valence-corrected chi connectivity index (χ1v) is 4.67. The lowest BCUT2D eigenvalue weighted by Gasteiger charge is -2.10. The summed E-state index contributed by atoms with van der Waals surface area (Å²) in [6, 6.07) is 5.08. The van der Waals surface area contributed by atoms with Gasteiger partial charge in [0.15, 0.2) is 0 Å². The minimum atomic E-state index is -0.722. The second kappa shape index (κ2) is 4.70. The van der Waals surface area contributed by atoms with E-state index in [1.807, 2.05) is 0 Å². The number of hydrogen-bond acceptors (Lipinski definition) is 2. The van der Waals surface area contributed by atoms with Gasteiger partial charge in [-0.2, -0.15) is 0 Å². The Morgan fingerprint density at radius 2 is 2.23 bits per heavy atom. The van der Waals surface area contributed by atoms with Crippen LogP contribution in [0.25, 0.3) is 0 Å². The van der Waals surface area contributed by atoms with Crippen LogP contribution >= 0.6 is 23.2 Å². The van der Waals surface area contributed by atoms with Crippen LogP contribution in [0.15, 0.2) is 18.2 Å². The monoisotopic (exact) mass is 220 g/mol. The highest BCUT2D eigenvalue weighted by atomic mass is 35.5. The minimum absolute atomic E-state index is 0.131. The van der Waals surface area contributed by atoms with Crippen LogP contribution in [0.3, 0.4) is 0 Å². The maximum atomic E-state index is 9.42. The summed E-state index contributed by atoms with van der Waals surface area (Å²) >= 11 is 11.4. The van der Waals surface area contributed by atoms with E-state index in [1.54, 1.807) is 25.3 Å². The molecule has 0 saturated heterocycles. The number of hydrogen-bond donors (Lipinski definition) is 1. The van der Waals surface area contributed by atoms with Gasteiger partial charge in [0, 0.05) is 5.56 Å². The molecule has 13 heavy (non-hydrogen) atoms. The van der Waals surface area contributed by atoms with Gasteiger partial charge >= 0.3 is 0 Å². The van der Waals surface area contributed by atoms with Crippen molar-refractivity contribution in [2.75, 3.05) is 13.0 Å². The Hall–Kier alpha value is -0.440. The summed E-state index contributed by atoms with van der Waals surface area (Å²) in [6.45, 7) is 0. The van der Waals surface area contributed by atoms with Crippen LogP contribution in [0.2, 0.25) is 5.02 Å². The van der Waals surface area contributed by atoms with Crippen LogP contribution < -0.4 is 4.74 Å². The van der Waals surface area contributed by atoms with E-state index in [2.05, 4.69) is 0 Å². The average Bonchev–Trinajstić information content (AvgIpc) is 2.16. The van der Waals surface area contributed by atoms with E-state index in [0.717, 1.165) is 0 Å². The number of halogens is 2. The first-order valence-electron chi connectivity index (χ1n) is 3.76. The Labute approximate surface area is 87.0 Å². The third-order valence-corrected chi connectivity index (χ3v) is 2.33. The summed E-state index contributed by atoms with van der Waals surface area (Å²) in [4.78, 5) is 0. The highest BCUT2D eigenvalue weighted by molar-refractivity contribution is 6.31. The van der Waals surface area contributed by atoms with Gasteiger partial charge in [-0.15, -0.1) is 11.6 Å². The molecule has 1 N–H and O–H groups in total. The number of alkyl halides is 1. The second-order valence-electron chi connectivity index (χ2n) is 2.56. The summed E-state index contributed by atoms with van der Waals surface area (Å²) in [7, 11) is 1.56. The molecule has 0 unspecified atom stereocenters. The zero-order chi connectivity index (χ0) is 9.84. The van der Waals surface area contributed by atoms with Crippen LogP contribution in [-0.4, -0.2) is 18.1 Å². The SMILES string of the molecule is COc1ccc([C@H](O)CCl)c(Cl)c1. The van der Waals surface area contributed by atoms with Gasteiger partial charge in [-0.3, -0.25) is 0 Å². The number of rotatable bonds is 3. The van der Waals surface area contributed by atoms with E-state index in [-0.39, 0.29) is 5.88 Å². The van der Waals surface area contributed by atoms with Gasteiger partial charge in [-0.05, 0) is 12.1 Å². The summed E-state index contributed by atoms with van der Waals surface area (Å²) in [5.74, 6) is 0.794. The second-order valence-corrected chi connectivity index (χ2v) is 3.27. The molecular weight excluding hydrogens is 211 g/mol. The topological polar surface area (TPSA) is 29.5 Å². The summed E-state index contributed by atoms with van der Waals surface area (Å²) in [5.41, 5.74) is 0.623. The fraction of sp³-hybridized carbons (Fsp3) is 0.333. The number of methoxy groups -OCH3 is 1. The standard InChI is InChI=1S/C9H10Cl2O2/c1-13-6-2-3-7(8(11)4-6)9(12)5-10/h2-4,9,12H,5H2,1H3/t9-/m1/s1. The van der Waals surface area contributed by atoms with Crippen molar-refractivity contribution in [3.63, 3.8) is 0 Å². The maximum absolute atomic E-state index is 9.42. The van der Waals surface area contributed by atoms with Gasteiger partial charge in [-0.25, -0.2) is 0 Å². The Morgan fingerprint density at radius 1 is 1.54 bits per heavy atom. The number of aliphatic hydroxyl groups is 1. The van der Waals surface area contributed by atoms with Crippen molar-refractivity contribution in [3.05, 3.63) is 28.8 Å². The summed E-state index contributed by atoms with van der Waals surface area (Å²) in [5, 5.41) is 9.88. The fourth-order valence-corrected chi connectivity index (χ4v) is 1.45. The molecule has 0 spiro atoms. The predicted octanol–water partition coefficient (Wildman–Crippen LogP) is 2.62. The zero-order valence-corrected chi connectivity index (χ0v) is 8.64. The van der Waals surface area contributed by atoms with Crippen LogP contribution in [0.4, 0.5) is 0 Å². The summed E-state index contributed by atoms with van der Waals surface area (Å²) in [6.07, 6.45) is -0.722. The quantitative estimate of drug-likeness (QED) is 0.795. The van der Waals surface area contributed by atoms with Crippen LogP contribution in [0, 0.1) is 0 Å². The largest absolute Gasteiger partial charge is 0.497 e. The molecular formula is C9H10Cl2O2. The molecule has 2 nitrogen and oxygen atoms in total. The zero-order valence-electron chi connectivity index (χ0n) is 7.13. The molecule has 1 rings (SSSR count). The van der Waals surface area contributed by atoms with Gasteiger partial charge in [0.2, 0.25) is 0 Å². The van der Waals surface area contributed by atoms with Gasteiger partial charge in [0.25, 0.3) is 0 Å². The van der Waals surface area contributed by atoms with Gasteiger partial charge < -0.3 is 9.84 Å². The third kappa shape index (κ3) is 2.50. The first-order chi connectivity index (χ1) is 6.19. The molecule has 72 valence electrons. The van der Waals surface area contributed by atoms with Gasteiger partial charge in [0.1, 0.15) is 5.75 Å². The molecule has 1 aromatic carbocycles. The van der Waals surface area contributed by atoms with Crippen molar-refractivity contribution in [2.45, 2.75) is 6.10 Å². The highest BCUT2D eigenvalue weighted by Gasteiger charge is 2.10. The number of benzene rings is 1. The molecule has 0 amide bonds. The molecule has 0 aromatic heterocycles. The van der Waals surface area contributed by atoms with Crippen molar-refractivity contribution in [1.82, 2.24) is 0 Å². The smallest absolute Gasteiger partial charge is 0.120 e. The van der Waals surface area contributed by atoms with E-state index in [9.17, 15) is 5.11 Å². The summed E-state index contributed by atoms with van der Waals surface area (Å²) < 4.78 is 4.96. The van der Waals surface area contributed by atoms with E-state index in [1.165, 1.54) is 0 Å². The van der Waals surface area contributed by atoms with Crippen molar-refractivity contribution < 1.29 is 9.84 Å². The lowest BCUT2D eigenvalue weighted by Crippen LogP contribution is -1.99. The van der Waals surface area contributed by atoms with E-state index >= 15 is 0 Å².